The highest BCUT2D eigenvalue weighted by molar-refractivity contribution is 7.71. The highest BCUT2D eigenvalue weighted by Crippen LogP contribution is 2.19. The molecule has 0 bridgehead atoms. The first kappa shape index (κ1) is 13.3. The molecule has 18 heavy (non-hydrogen) atoms. The Morgan fingerprint density at radius 2 is 2.00 bits per heavy atom. The topological polar surface area (TPSA) is 53.1 Å². The lowest BCUT2D eigenvalue weighted by atomic mass is 10.2. The average Bonchev–Trinajstić information content (AvgIpc) is 2.35. The predicted octanol–water partition coefficient (Wildman–Crippen LogP) is 1.91. The van der Waals surface area contributed by atoms with Crippen LogP contribution >= 0.6 is 12.2 Å². The van der Waals surface area contributed by atoms with Crippen LogP contribution in [0, 0.1) is 4.77 Å². The van der Waals surface area contributed by atoms with E-state index >= 15 is 0 Å². The van der Waals surface area contributed by atoms with Crippen molar-refractivity contribution in [1.29, 1.82) is 0 Å². The largest absolute Gasteiger partial charge is 0.358 e. The van der Waals surface area contributed by atoms with Crippen LogP contribution < -0.4 is 10.9 Å². The van der Waals surface area contributed by atoms with Gasteiger partial charge in [-0.05, 0) is 31.6 Å². The number of H-pyrrole nitrogens is 1. The summed E-state index contributed by atoms with van der Waals surface area (Å²) < 4.78 is 2.51. The number of nitrogens with one attached hydrogen (secondary N) is 2. The smallest absolute Gasteiger partial charge is 0.258 e. The van der Waals surface area contributed by atoms with E-state index in [-0.39, 0.29) is 5.56 Å². The Kier molecular flexibility index (Phi) is 4.19. The van der Waals surface area contributed by atoms with Crippen LogP contribution in [0.3, 0.4) is 0 Å². The number of fused-ring (bicyclic) bond motifs is 1. The maximum Gasteiger partial charge on any atom is 0.258 e. The van der Waals surface area contributed by atoms with Crippen LogP contribution in [0.2, 0.25) is 0 Å². The van der Waals surface area contributed by atoms with Crippen LogP contribution in [0.15, 0.2) is 4.79 Å². The number of hydrogen-bond acceptors (Lipinski definition) is 4. The Morgan fingerprint density at radius 3 is 2.67 bits per heavy atom. The van der Waals surface area contributed by atoms with Gasteiger partial charge in [0.1, 0.15) is 5.82 Å². The number of nitrogens with zero attached hydrogens (tertiary/aromatic N) is 2. The fourth-order valence-electron chi connectivity index (χ4n) is 2.34. The second-order valence-electron chi connectivity index (χ2n) is 4.63. The molecule has 0 unspecified atom stereocenters. The molecule has 0 spiro atoms. The van der Waals surface area contributed by atoms with Gasteiger partial charge in [0.05, 0.1) is 12.2 Å². The van der Waals surface area contributed by atoms with Crippen LogP contribution in [-0.4, -0.2) is 27.7 Å². The molecule has 2 rings (SSSR count). The Labute approximate surface area is 112 Å². The minimum atomic E-state index is -0.0596. The highest BCUT2D eigenvalue weighted by Gasteiger charge is 2.20. The lowest BCUT2D eigenvalue weighted by Crippen LogP contribution is -2.39. The third kappa shape index (κ3) is 2.49. The molecule has 1 aliphatic rings. The monoisotopic (exact) mass is 268 g/mol. The van der Waals surface area contributed by atoms with Crippen molar-refractivity contribution in [2.24, 2.45) is 0 Å². The highest BCUT2D eigenvalue weighted by atomic mass is 32.1. The van der Waals surface area contributed by atoms with Gasteiger partial charge in [-0.3, -0.25) is 14.7 Å². The molecule has 100 valence electrons. The summed E-state index contributed by atoms with van der Waals surface area (Å²) >= 11 is 5.22. The molecular formula is C12H20N4OS. The average molecular weight is 268 g/mol. The lowest BCUT2D eigenvalue weighted by Gasteiger charge is -2.30. The summed E-state index contributed by atoms with van der Waals surface area (Å²) in [4.78, 5) is 17.0. The minimum absolute atomic E-state index is 0.0596. The molecule has 0 aliphatic carbocycles. The Balaban J connectivity index is 2.42. The van der Waals surface area contributed by atoms with Gasteiger partial charge in [0, 0.05) is 13.1 Å². The molecule has 6 heteroatoms. The van der Waals surface area contributed by atoms with Crippen molar-refractivity contribution in [2.45, 2.75) is 39.8 Å². The quantitative estimate of drug-likeness (QED) is 0.819. The Morgan fingerprint density at radius 1 is 1.28 bits per heavy atom. The first-order valence-electron chi connectivity index (χ1n) is 6.49. The molecule has 1 aliphatic heterocycles. The van der Waals surface area contributed by atoms with E-state index in [1.165, 1.54) is 0 Å². The van der Waals surface area contributed by atoms with Crippen molar-refractivity contribution < 1.29 is 0 Å². The zero-order chi connectivity index (χ0) is 13.1. The number of anilines is 1. The summed E-state index contributed by atoms with van der Waals surface area (Å²) in [6, 6.07) is 0. The number of aromatic amines is 1. The molecule has 1 aromatic rings. The van der Waals surface area contributed by atoms with Gasteiger partial charge >= 0.3 is 0 Å². The molecule has 0 amide bonds. The van der Waals surface area contributed by atoms with Gasteiger partial charge in [-0.25, -0.2) is 0 Å². The SMILES string of the molecule is CCCN1CNc2c(c(=O)[nH]c(=S)n2CCC)C1. The normalized spacial score (nSPS) is 15.2. The van der Waals surface area contributed by atoms with Crippen LogP contribution in [-0.2, 0) is 13.1 Å². The molecule has 2 N–H and O–H groups in total. The van der Waals surface area contributed by atoms with Gasteiger partial charge in [0.15, 0.2) is 4.77 Å². The summed E-state index contributed by atoms with van der Waals surface area (Å²) in [5.41, 5.74) is 0.743. The van der Waals surface area contributed by atoms with Gasteiger partial charge in [0.2, 0.25) is 0 Å². The maximum atomic E-state index is 12.0. The van der Waals surface area contributed by atoms with Crippen LogP contribution in [0.1, 0.15) is 32.3 Å². The zero-order valence-electron chi connectivity index (χ0n) is 11.0. The van der Waals surface area contributed by atoms with Crippen molar-refractivity contribution in [2.75, 3.05) is 18.5 Å². The summed E-state index contributed by atoms with van der Waals surface area (Å²) in [7, 11) is 0. The van der Waals surface area contributed by atoms with Crippen LogP contribution in [0.4, 0.5) is 5.82 Å². The minimum Gasteiger partial charge on any atom is -0.358 e. The standard InChI is InChI=1S/C12H20N4OS/c1-3-5-15-7-9-10(13-8-15)16(6-4-2)12(18)14-11(9)17/h13H,3-8H2,1-2H3,(H,14,17,18). The van der Waals surface area contributed by atoms with E-state index in [1.54, 1.807) is 0 Å². The summed E-state index contributed by atoms with van der Waals surface area (Å²) in [5, 5.41) is 3.33. The molecule has 0 radical (unpaired) electrons. The number of rotatable bonds is 4. The van der Waals surface area contributed by atoms with E-state index in [4.69, 9.17) is 12.2 Å². The number of aromatic nitrogens is 2. The molecule has 0 aromatic carbocycles. The molecule has 0 saturated carbocycles. The van der Waals surface area contributed by atoms with Gasteiger partial charge < -0.3 is 9.88 Å². The van der Waals surface area contributed by atoms with E-state index in [1.807, 2.05) is 4.57 Å². The molecule has 1 aromatic heterocycles. The third-order valence-electron chi connectivity index (χ3n) is 3.13. The van der Waals surface area contributed by atoms with Gasteiger partial charge in [0.25, 0.3) is 5.56 Å². The third-order valence-corrected chi connectivity index (χ3v) is 3.46. The lowest BCUT2D eigenvalue weighted by molar-refractivity contribution is 0.271. The van der Waals surface area contributed by atoms with E-state index in [9.17, 15) is 4.79 Å². The van der Waals surface area contributed by atoms with Crippen molar-refractivity contribution in [3.8, 4) is 0 Å². The maximum absolute atomic E-state index is 12.0. The summed E-state index contributed by atoms with van der Waals surface area (Å²) in [6.07, 6.45) is 2.08. The summed E-state index contributed by atoms with van der Waals surface area (Å²) in [6.45, 7) is 7.55. The molecule has 0 saturated heterocycles. The second kappa shape index (κ2) is 5.67. The van der Waals surface area contributed by atoms with Crippen LogP contribution in [0.25, 0.3) is 0 Å². The fraction of sp³-hybridized carbons (Fsp3) is 0.667. The molecule has 2 heterocycles. The van der Waals surface area contributed by atoms with E-state index in [0.717, 1.165) is 44.0 Å². The summed E-state index contributed by atoms with van der Waals surface area (Å²) in [5.74, 6) is 0.901. The predicted molar refractivity (Wildman–Crippen MR) is 75.4 cm³/mol. The van der Waals surface area contributed by atoms with Gasteiger partial charge in [-0.1, -0.05) is 13.8 Å². The van der Waals surface area contributed by atoms with Gasteiger partial charge in [-0.2, -0.15) is 0 Å². The van der Waals surface area contributed by atoms with Crippen molar-refractivity contribution in [1.82, 2.24) is 14.5 Å². The van der Waals surface area contributed by atoms with E-state index < -0.39 is 0 Å². The zero-order valence-corrected chi connectivity index (χ0v) is 11.8. The molecule has 5 nitrogen and oxygen atoms in total. The van der Waals surface area contributed by atoms with Crippen molar-refractivity contribution >= 4 is 18.0 Å². The van der Waals surface area contributed by atoms with Gasteiger partial charge in [-0.15, -0.1) is 0 Å². The fourth-order valence-corrected chi connectivity index (χ4v) is 2.61. The molecular weight excluding hydrogens is 248 g/mol. The Hall–Kier alpha value is -1.14. The number of hydrogen-bond donors (Lipinski definition) is 2. The first-order chi connectivity index (χ1) is 8.67. The van der Waals surface area contributed by atoms with Crippen molar-refractivity contribution in [3.05, 3.63) is 20.7 Å². The van der Waals surface area contributed by atoms with E-state index in [0.29, 0.717) is 11.3 Å². The van der Waals surface area contributed by atoms with Crippen LogP contribution in [0.5, 0.6) is 0 Å². The first-order valence-corrected chi connectivity index (χ1v) is 6.90. The van der Waals surface area contributed by atoms with Crippen molar-refractivity contribution in [3.63, 3.8) is 0 Å². The van der Waals surface area contributed by atoms with E-state index in [2.05, 4.69) is 29.0 Å². The molecule has 0 atom stereocenters. The molecule has 0 fully saturated rings. The Bertz CT molecular complexity index is 534. The second-order valence-corrected chi connectivity index (χ2v) is 5.01.